The Hall–Kier alpha value is -5.83. The van der Waals surface area contributed by atoms with Gasteiger partial charge in [0.1, 0.15) is 11.6 Å². The number of rotatable bonds is 5. The van der Waals surface area contributed by atoms with E-state index in [2.05, 4.69) is 15.5 Å². The van der Waals surface area contributed by atoms with Gasteiger partial charge in [-0.3, -0.25) is 19.2 Å². The fraction of sp³-hybridized carbons (Fsp3) is 0.368. The Bertz CT molecular complexity index is 1910. The Kier molecular flexibility index (Phi) is 13.1. The second kappa shape index (κ2) is 18.1. The Morgan fingerprint density at radius 2 is 1.85 bits per heavy atom. The van der Waals surface area contributed by atoms with Gasteiger partial charge in [0.25, 0.3) is 5.97 Å². The molecule has 3 aliphatic rings. The van der Waals surface area contributed by atoms with Crippen molar-refractivity contribution in [2.24, 2.45) is 0 Å². The summed E-state index contributed by atoms with van der Waals surface area (Å²) in [7, 11) is 3.17. The van der Waals surface area contributed by atoms with Gasteiger partial charge in [0.15, 0.2) is 11.5 Å². The molecule has 0 saturated carbocycles. The number of carbonyl (C=O) groups is 4. The second-order valence-corrected chi connectivity index (χ2v) is 12.6. The van der Waals surface area contributed by atoms with Crippen LogP contribution in [0.25, 0.3) is 11.4 Å². The minimum atomic E-state index is -0.833. The molecule has 280 valence electrons. The maximum absolute atomic E-state index is 14.2. The van der Waals surface area contributed by atoms with Crippen LogP contribution in [0.15, 0.2) is 71.3 Å². The molecule has 4 bridgehead atoms. The topological polar surface area (TPSA) is 174 Å². The van der Waals surface area contributed by atoms with E-state index in [4.69, 9.17) is 28.6 Å². The quantitative estimate of drug-likeness (QED) is 0.298. The van der Waals surface area contributed by atoms with E-state index in [1.807, 2.05) is 42.5 Å². The van der Waals surface area contributed by atoms with Crippen LogP contribution in [0.2, 0.25) is 0 Å². The smallest absolute Gasteiger partial charge is 0.300 e. The number of hydrogen-bond acceptors (Lipinski definition) is 10. The molecule has 1 saturated heterocycles. The summed E-state index contributed by atoms with van der Waals surface area (Å²) < 4.78 is 37.6. The van der Waals surface area contributed by atoms with Crippen LogP contribution in [0.4, 0.5) is 4.39 Å². The molecule has 7 rings (SSSR count). The van der Waals surface area contributed by atoms with Gasteiger partial charge >= 0.3 is 0 Å². The number of amides is 3. The maximum Gasteiger partial charge on any atom is 0.300 e. The summed E-state index contributed by atoms with van der Waals surface area (Å²) >= 11 is 0. The molecule has 0 aliphatic carbocycles. The van der Waals surface area contributed by atoms with Crippen molar-refractivity contribution in [1.29, 1.82) is 0 Å². The summed E-state index contributed by atoms with van der Waals surface area (Å²) in [5, 5.41) is 14.3. The van der Waals surface area contributed by atoms with Gasteiger partial charge in [0.2, 0.25) is 29.4 Å². The van der Waals surface area contributed by atoms with Crippen molar-refractivity contribution in [1.82, 2.24) is 25.3 Å². The zero-order valence-corrected chi connectivity index (χ0v) is 29.7. The van der Waals surface area contributed by atoms with Crippen LogP contribution < -0.4 is 14.8 Å². The first-order valence-corrected chi connectivity index (χ1v) is 17.1. The number of ether oxygens (including phenoxy) is 3. The molecule has 1 aromatic heterocycles. The lowest BCUT2D eigenvalue weighted by Gasteiger charge is -2.39. The summed E-state index contributed by atoms with van der Waals surface area (Å²) in [5.74, 6) is 0.0929. The number of carboxylic acids is 1. The van der Waals surface area contributed by atoms with Crippen molar-refractivity contribution in [3.05, 3.63) is 89.6 Å². The van der Waals surface area contributed by atoms with Crippen LogP contribution in [0.1, 0.15) is 43.2 Å². The molecule has 4 heterocycles. The standard InChI is InChI=1S/C36H38FN5O7.C2H4O2/c1-41-21-32(43)38-28-16-17-42(35(45)15-13-33-39-36(40-49-33)26-8-3-4-9-27(26)37)20-31(28)47-22-24-6-5-7-25(18-24)48-29-12-10-23(11-14-34(41)44)19-30(29)46-2;1-2(3)4/h3-10,12,18-19,28,31H,11,13-17,20-22H2,1-2H3,(H,38,43);1H3,(H,3,4)/t28-,31-;/m0./s1. The van der Waals surface area contributed by atoms with Crippen LogP contribution in [0.5, 0.6) is 17.2 Å². The third-order valence-electron chi connectivity index (χ3n) is 8.65. The summed E-state index contributed by atoms with van der Waals surface area (Å²) in [4.78, 5) is 55.8. The summed E-state index contributed by atoms with van der Waals surface area (Å²) in [5.41, 5.74) is 1.97. The molecule has 1 fully saturated rings. The van der Waals surface area contributed by atoms with E-state index >= 15 is 0 Å². The van der Waals surface area contributed by atoms with Crippen LogP contribution >= 0.6 is 0 Å². The molecule has 53 heavy (non-hydrogen) atoms. The number of piperidine rings is 1. The molecule has 0 unspecified atom stereocenters. The normalized spacial score (nSPS) is 17.9. The molecule has 15 heteroatoms. The molecule has 3 amide bonds. The maximum atomic E-state index is 14.2. The highest BCUT2D eigenvalue weighted by Crippen LogP contribution is 2.33. The fourth-order valence-electron chi connectivity index (χ4n) is 5.94. The number of aryl methyl sites for hydroxylation is 2. The average molecular weight is 732 g/mol. The largest absolute Gasteiger partial charge is 0.493 e. The predicted molar refractivity (Wildman–Crippen MR) is 188 cm³/mol. The summed E-state index contributed by atoms with van der Waals surface area (Å²) in [6.07, 6.45) is 0.892. The van der Waals surface area contributed by atoms with Crippen molar-refractivity contribution >= 4 is 23.7 Å². The highest BCUT2D eigenvalue weighted by Gasteiger charge is 2.34. The van der Waals surface area contributed by atoms with Gasteiger partial charge in [0, 0.05) is 46.3 Å². The Labute approximate surface area is 305 Å². The molecule has 3 aliphatic heterocycles. The molecule has 0 radical (unpaired) electrons. The first-order valence-electron chi connectivity index (χ1n) is 17.1. The van der Waals surface area contributed by atoms with Crippen LogP contribution in [-0.2, 0) is 43.4 Å². The van der Waals surface area contributed by atoms with E-state index in [1.165, 1.54) is 11.0 Å². The number of carboxylic acid groups (broad SMARTS) is 1. The lowest BCUT2D eigenvalue weighted by atomic mass is 10.0. The van der Waals surface area contributed by atoms with E-state index in [0.717, 1.165) is 18.1 Å². The van der Waals surface area contributed by atoms with Gasteiger partial charge in [-0.15, -0.1) is 0 Å². The van der Waals surface area contributed by atoms with Crippen molar-refractivity contribution in [3.63, 3.8) is 0 Å². The molecular formula is C38H42FN5O9. The lowest BCUT2D eigenvalue weighted by Crippen LogP contribution is -2.57. The predicted octanol–water partition coefficient (Wildman–Crippen LogP) is 4.41. The number of carbonyl (C=O) groups excluding carboxylic acids is 3. The lowest BCUT2D eigenvalue weighted by molar-refractivity contribution is -0.139. The minimum Gasteiger partial charge on any atom is -0.493 e. The average Bonchev–Trinajstić information content (AvgIpc) is 3.61. The fourth-order valence-corrected chi connectivity index (χ4v) is 5.94. The molecule has 14 nitrogen and oxygen atoms in total. The number of methoxy groups -OCH3 is 1. The van der Waals surface area contributed by atoms with Gasteiger partial charge in [-0.2, -0.15) is 4.98 Å². The van der Waals surface area contributed by atoms with Crippen molar-refractivity contribution < 1.29 is 47.4 Å². The zero-order valence-electron chi connectivity index (χ0n) is 29.7. The van der Waals surface area contributed by atoms with E-state index in [9.17, 15) is 18.8 Å². The number of benzene rings is 3. The summed E-state index contributed by atoms with van der Waals surface area (Å²) in [6, 6.07) is 18.8. The molecule has 2 N–H and O–H groups in total. The molecular weight excluding hydrogens is 689 g/mol. The third kappa shape index (κ3) is 10.8. The van der Waals surface area contributed by atoms with Crippen molar-refractivity contribution in [3.8, 4) is 28.6 Å². The number of likely N-dealkylation sites (N-methyl/N-ethyl adjacent to an activating group) is 1. The highest BCUT2D eigenvalue weighted by atomic mass is 19.1. The Balaban J connectivity index is 0.00000129. The Morgan fingerprint density at radius 3 is 2.62 bits per heavy atom. The van der Waals surface area contributed by atoms with Crippen LogP contribution in [0, 0.1) is 5.82 Å². The third-order valence-corrected chi connectivity index (χ3v) is 8.65. The number of likely N-dealkylation sites (tertiary alicyclic amines) is 1. The van der Waals surface area contributed by atoms with E-state index in [1.54, 1.807) is 37.3 Å². The van der Waals surface area contributed by atoms with E-state index in [-0.39, 0.29) is 80.0 Å². The first-order chi connectivity index (χ1) is 25.5. The number of hydrogen-bond donors (Lipinski definition) is 2. The number of nitrogens with zero attached hydrogens (tertiary/aromatic N) is 4. The molecule has 0 spiro atoms. The number of nitrogens with one attached hydrogen (secondary N) is 1. The van der Waals surface area contributed by atoms with E-state index < -0.39 is 17.9 Å². The van der Waals surface area contributed by atoms with Crippen molar-refractivity contribution in [2.45, 2.75) is 57.8 Å². The molecule has 2 atom stereocenters. The van der Waals surface area contributed by atoms with E-state index in [0.29, 0.717) is 36.6 Å². The van der Waals surface area contributed by atoms with Crippen LogP contribution in [0.3, 0.4) is 0 Å². The summed E-state index contributed by atoms with van der Waals surface area (Å²) in [6.45, 7) is 1.81. The second-order valence-electron chi connectivity index (χ2n) is 12.6. The Morgan fingerprint density at radius 1 is 1.06 bits per heavy atom. The van der Waals surface area contributed by atoms with Gasteiger partial charge < -0.3 is 39.0 Å². The minimum absolute atomic E-state index is 0.0965. The highest BCUT2D eigenvalue weighted by molar-refractivity contribution is 5.85. The van der Waals surface area contributed by atoms with Gasteiger partial charge in [0.05, 0.1) is 38.0 Å². The molecule has 4 aromatic rings. The first kappa shape index (κ1) is 38.4. The van der Waals surface area contributed by atoms with Gasteiger partial charge in [-0.1, -0.05) is 35.5 Å². The monoisotopic (exact) mass is 731 g/mol. The van der Waals surface area contributed by atoms with Gasteiger partial charge in [-0.25, -0.2) is 4.39 Å². The van der Waals surface area contributed by atoms with Crippen molar-refractivity contribution in [2.75, 3.05) is 33.8 Å². The number of aliphatic carboxylic acids is 1. The number of fused-ring (bicyclic) bond motifs is 9. The number of aromatic nitrogens is 2. The molecule has 3 aromatic carbocycles. The SMILES string of the molecule is CC(=O)O.COc1cc2ccc1Oc1cccc(c1)CO[C@H]1CN(C(=O)CCc3nc(-c4ccccc4F)no3)CC[C@@H]1NC(=O)CN(C)C(=O)CC2. The zero-order chi connectivity index (χ0) is 37.9. The van der Waals surface area contributed by atoms with Crippen LogP contribution in [-0.4, -0.2) is 94.7 Å². The van der Waals surface area contributed by atoms with Gasteiger partial charge in [-0.05, 0) is 60.4 Å². The number of halogens is 1.